The number of esters is 1. The van der Waals surface area contributed by atoms with Crippen molar-refractivity contribution in [2.24, 2.45) is 58.2 Å². The molecule has 1 saturated heterocycles. The zero-order valence-electron chi connectivity index (χ0n) is 17.4. The largest absolute Gasteiger partial charge is 0.458 e. The Balaban J connectivity index is 1.35. The van der Waals surface area contributed by atoms with Gasteiger partial charge in [0.2, 0.25) is 0 Å². The second kappa shape index (κ2) is 4.62. The standard InChI is InChI=1S/C25H32O3/c1-12-19-17-10-13(26)4-7-23(17,2)15-5-8-24(3)22(21(15)20(12)19)14-11-16(14)25(24)9-6-18(27)28-25/h10,12,14-16,19-22H,4-9,11H2,1-3H3/t12?,14-,15?,16+,19?,20?,21?,22?,23-,24+,25+/m1/s1. The van der Waals surface area contributed by atoms with Gasteiger partial charge in [0.1, 0.15) is 5.60 Å². The Morgan fingerprint density at radius 2 is 1.86 bits per heavy atom. The molecule has 0 bridgehead atoms. The summed E-state index contributed by atoms with van der Waals surface area (Å²) in [5.41, 5.74) is 1.80. The van der Waals surface area contributed by atoms with Gasteiger partial charge >= 0.3 is 5.97 Å². The summed E-state index contributed by atoms with van der Waals surface area (Å²) in [6, 6.07) is 0. The Labute approximate surface area is 167 Å². The Hall–Kier alpha value is -1.12. The maximum atomic E-state index is 12.3. The van der Waals surface area contributed by atoms with Crippen LogP contribution in [-0.4, -0.2) is 17.4 Å². The molecule has 6 aliphatic carbocycles. The molecular formula is C25H32O3. The van der Waals surface area contributed by atoms with Crippen molar-refractivity contribution in [1.82, 2.24) is 0 Å². The minimum Gasteiger partial charge on any atom is -0.458 e. The van der Waals surface area contributed by atoms with E-state index in [0.29, 0.717) is 24.0 Å². The summed E-state index contributed by atoms with van der Waals surface area (Å²) in [5.74, 6) is 6.24. The van der Waals surface area contributed by atoms with E-state index in [1.54, 1.807) is 0 Å². The zero-order chi connectivity index (χ0) is 19.2. The van der Waals surface area contributed by atoms with E-state index < -0.39 is 0 Å². The van der Waals surface area contributed by atoms with Crippen LogP contribution in [0.25, 0.3) is 0 Å². The highest BCUT2D eigenvalue weighted by molar-refractivity contribution is 5.92. The van der Waals surface area contributed by atoms with Crippen molar-refractivity contribution in [3.63, 3.8) is 0 Å². The second-order valence-corrected chi connectivity index (χ2v) is 12.0. The van der Waals surface area contributed by atoms with Crippen LogP contribution in [0.3, 0.4) is 0 Å². The first-order valence-corrected chi connectivity index (χ1v) is 11.8. The van der Waals surface area contributed by atoms with Crippen molar-refractivity contribution < 1.29 is 14.3 Å². The lowest BCUT2D eigenvalue weighted by Crippen LogP contribution is -2.57. The summed E-state index contributed by atoms with van der Waals surface area (Å²) in [6.45, 7) is 7.44. The maximum absolute atomic E-state index is 12.3. The molecule has 11 atom stereocenters. The highest BCUT2D eigenvalue weighted by Gasteiger charge is 2.81. The van der Waals surface area contributed by atoms with Crippen LogP contribution in [0.2, 0.25) is 0 Å². The number of ketones is 1. The van der Waals surface area contributed by atoms with Gasteiger partial charge in [0.15, 0.2) is 5.78 Å². The number of fused-ring (bicyclic) bond motifs is 12. The highest BCUT2D eigenvalue weighted by Crippen LogP contribution is 2.83. The fourth-order valence-corrected chi connectivity index (χ4v) is 10.2. The van der Waals surface area contributed by atoms with Crippen LogP contribution in [0.5, 0.6) is 0 Å². The molecule has 0 amide bonds. The van der Waals surface area contributed by atoms with Gasteiger partial charge in [-0.2, -0.15) is 0 Å². The summed E-state index contributed by atoms with van der Waals surface area (Å²) in [4.78, 5) is 24.5. The molecule has 7 aliphatic rings. The molecule has 3 nitrogen and oxygen atoms in total. The molecule has 150 valence electrons. The summed E-state index contributed by atoms with van der Waals surface area (Å²) in [7, 11) is 0. The van der Waals surface area contributed by atoms with Gasteiger partial charge in [-0.15, -0.1) is 0 Å². The molecular weight excluding hydrogens is 348 g/mol. The molecule has 3 heteroatoms. The predicted molar refractivity (Wildman–Crippen MR) is 104 cm³/mol. The first kappa shape index (κ1) is 16.7. The van der Waals surface area contributed by atoms with E-state index in [-0.39, 0.29) is 22.4 Å². The van der Waals surface area contributed by atoms with Crippen LogP contribution in [0.1, 0.15) is 65.7 Å². The fourth-order valence-electron chi connectivity index (χ4n) is 10.2. The molecule has 1 spiro atoms. The predicted octanol–water partition coefficient (Wildman–Crippen LogP) is 4.55. The molecule has 6 unspecified atom stereocenters. The molecule has 0 radical (unpaired) electrons. The molecule has 0 aromatic carbocycles. The van der Waals surface area contributed by atoms with Gasteiger partial charge in [0, 0.05) is 24.2 Å². The number of hydrogen-bond donors (Lipinski definition) is 0. The van der Waals surface area contributed by atoms with Crippen molar-refractivity contribution >= 4 is 11.8 Å². The van der Waals surface area contributed by atoms with Crippen LogP contribution in [0, 0.1) is 58.2 Å². The fraction of sp³-hybridized carbons (Fsp3) is 0.840. The smallest absolute Gasteiger partial charge is 0.306 e. The van der Waals surface area contributed by atoms with E-state index in [1.165, 1.54) is 24.8 Å². The van der Waals surface area contributed by atoms with Gasteiger partial charge in [-0.05, 0) is 85.0 Å². The third kappa shape index (κ3) is 1.58. The molecule has 5 saturated carbocycles. The van der Waals surface area contributed by atoms with E-state index in [1.807, 2.05) is 0 Å². The first-order valence-electron chi connectivity index (χ1n) is 11.8. The van der Waals surface area contributed by atoms with E-state index >= 15 is 0 Å². The van der Waals surface area contributed by atoms with E-state index in [4.69, 9.17) is 4.74 Å². The average molecular weight is 381 g/mol. The number of hydrogen-bond acceptors (Lipinski definition) is 3. The monoisotopic (exact) mass is 380 g/mol. The van der Waals surface area contributed by atoms with Crippen molar-refractivity contribution in [2.45, 2.75) is 71.3 Å². The third-order valence-corrected chi connectivity index (χ3v) is 11.4. The Morgan fingerprint density at radius 3 is 2.61 bits per heavy atom. The van der Waals surface area contributed by atoms with E-state index in [2.05, 4.69) is 26.8 Å². The number of carbonyl (C=O) groups excluding carboxylic acids is 2. The summed E-state index contributed by atoms with van der Waals surface area (Å²) < 4.78 is 6.24. The van der Waals surface area contributed by atoms with Crippen molar-refractivity contribution in [2.75, 3.05) is 0 Å². The van der Waals surface area contributed by atoms with Gasteiger partial charge in [0.05, 0.1) is 0 Å². The topological polar surface area (TPSA) is 43.4 Å². The van der Waals surface area contributed by atoms with Gasteiger partial charge in [-0.25, -0.2) is 0 Å². The van der Waals surface area contributed by atoms with Crippen molar-refractivity contribution in [1.29, 1.82) is 0 Å². The molecule has 0 aromatic heterocycles. The molecule has 28 heavy (non-hydrogen) atoms. The summed E-state index contributed by atoms with van der Waals surface area (Å²) >= 11 is 0. The van der Waals surface area contributed by atoms with Crippen LogP contribution in [0.15, 0.2) is 11.6 Å². The molecule has 0 aromatic rings. The lowest BCUT2D eigenvalue weighted by molar-refractivity contribution is -0.177. The first-order chi connectivity index (χ1) is 13.3. The number of ether oxygens (including phenoxy) is 1. The molecule has 7 rings (SSSR count). The Morgan fingerprint density at radius 1 is 1.04 bits per heavy atom. The summed E-state index contributed by atoms with van der Waals surface area (Å²) in [6.07, 6.45) is 9.24. The lowest BCUT2D eigenvalue weighted by atomic mass is 9.45. The van der Waals surface area contributed by atoms with Crippen LogP contribution >= 0.6 is 0 Å². The van der Waals surface area contributed by atoms with Crippen LogP contribution in [-0.2, 0) is 14.3 Å². The SMILES string of the molecule is CC1C2C3=CC(=O)CC[C@]3(C)C3CC[C@@]4(C)C(C3C12)[C@@H]1C[C@@H]1[C@@]41CCC(=O)O1. The van der Waals surface area contributed by atoms with Crippen molar-refractivity contribution in [3.05, 3.63) is 11.6 Å². The minimum atomic E-state index is -0.141. The lowest BCUT2D eigenvalue weighted by Gasteiger charge is -2.60. The number of rotatable bonds is 0. The maximum Gasteiger partial charge on any atom is 0.306 e. The Bertz CT molecular complexity index is 858. The second-order valence-electron chi connectivity index (χ2n) is 12.0. The van der Waals surface area contributed by atoms with Crippen LogP contribution in [0.4, 0.5) is 0 Å². The molecule has 1 aliphatic heterocycles. The van der Waals surface area contributed by atoms with Gasteiger partial charge in [-0.3, -0.25) is 9.59 Å². The van der Waals surface area contributed by atoms with Gasteiger partial charge in [-0.1, -0.05) is 26.3 Å². The highest BCUT2D eigenvalue weighted by atomic mass is 16.6. The number of allylic oxidation sites excluding steroid dienone is 1. The molecule has 1 heterocycles. The molecule has 6 fully saturated rings. The van der Waals surface area contributed by atoms with Crippen LogP contribution < -0.4 is 0 Å². The van der Waals surface area contributed by atoms with Gasteiger partial charge in [0.25, 0.3) is 0 Å². The van der Waals surface area contributed by atoms with E-state index in [0.717, 1.165) is 54.8 Å². The summed E-state index contributed by atoms with van der Waals surface area (Å²) in [5, 5.41) is 0. The zero-order valence-corrected chi connectivity index (χ0v) is 17.4. The minimum absolute atomic E-state index is 0.0546. The Kier molecular flexibility index (Phi) is 2.75. The van der Waals surface area contributed by atoms with Gasteiger partial charge < -0.3 is 4.74 Å². The normalized spacial score (nSPS) is 62.9. The van der Waals surface area contributed by atoms with Crippen molar-refractivity contribution in [3.8, 4) is 0 Å². The quantitative estimate of drug-likeness (QED) is 0.579. The number of carbonyl (C=O) groups is 2. The molecule has 0 N–H and O–H groups in total. The third-order valence-electron chi connectivity index (χ3n) is 11.4. The van der Waals surface area contributed by atoms with E-state index in [9.17, 15) is 9.59 Å². The average Bonchev–Trinajstić information content (AvgIpc) is 3.51.